The molecule has 0 fully saturated rings. The lowest BCUT2D eigenvalue weighted by molar-refractivity contribution is 0.748. The Kier molecular flexibility index (Phi) is 9.11. The summed E-state index contributed by atoms with van der Waals surface area (Å²) < 4.78 is 2.53. The van der Waals surface area contributed by atoms with Crippen molar-refractivity contribution in [3.05, 3.63) is 311 Å². The Labute approximate surface area is 436 Å². The molecule has 12 aromatic carbocycles. The minimum atomic E-state index is -0.533. The standard InChI is InChI=1S/C73H48N2/c1-5-22-56-47(17-1)21-15-28-57(56)48-35-37-53(38-36-48)74(54-39-41-61-52(45-54)44-51-20-4-7-24-59(51)58-23-6-2-18-49(58)43-50-19-3-8-25-60(50)61)55-40-42-67-65(46-55)62-26-9-11-30-66(62)73(67)68-31-12-14-34-71(68)75-70-33-13-10-27-63(70)64-29-16-32-69(73)72(64)75/h1-42,45-46H,43-44H2. The van der Waals surface area contributed by atoms with Crippen LogP contribution in [0, 0.1) is 0 Å². The Balaban J connectivity index is 0.926. The fraction of sp³-hybridized carbons (Fsp3) is 0.0411. The van der Waals surface area contributed by atoms with Crippen molar-refractivity contribution in [2.75, 3.05) is 4.90 Å². The molecule has 2 nitrogen and oxygen atoms in total. The molecule has 350 valence electrons. The quantitative estimate of drug-likeness (QED) is 0.171. The number of anilines is 3. The van der Waals surface area contributed by atoms with Crippen LogP contribution in [0.1, 0.15) is 44.5 Å². The van der Waals surface area contributed by atoms with Crippen LogP contribution in [-0.4, -0.2) is 4.57 Å². The molecule has 1 atom stereocenters. The maximum absolute atomic E-state index is 2.53. The van der Waals surface area contributed by atoms with Crippen molar-refractivity contribution in [2.45, 2.75) is 18.3 Å². The van der Waals surface area contributed by atoms with E-state index in [1.165, 1.54) is 127 Å². The van der Waals surface area contributed by atoms with Gasteiger partial charge in [-0.05, 0) is 161 Å². The molecular weight excluding hydrogens is 905 g/mol. The summed E-state index contributed by atoms with van der Waals surface area (Å²) in [6.45, 7) is 0. The Morgan fingerprint density at radius 2 is 0.813 bits per heavy atom. The zero-order valence-corrected chi connectivity index (χ0v) is 41.2. The van der Waals surface area contributed by atoms with Crippen molar-refractivity contribution >= 4 is 49.6 Å². The van der Waals surface area contributed by atoms with Gasteiger partial charge in [-0.1, -0.05) is 218 Å². The van der Waals surface area contributed by atoms with Crippen molar-refractivity contribution < 1.29 is 0 Å². The van der Waals surface area contributed by atoms with Gasteiger partial charge in [0.05, 0.1) is 22.1 Å². The van der Waals surface area contributed by atoms with Gasteiger partial charge in [-0.25, -0.2) is 0 Å². The molecule has 1 unspecified atom stereocenters. The van der Waals surface area contributed by atoms with Crippen LogP contribution >= 0.6 is 0 Å². The molecule has 13 aromatic rings. The number of hydrogen-bond donors (Lipinski definition) is 0. The average Bonchev–Trinajstić information content (AvgIpc) is 4.16. The first kappa shape index (κ1) is 42.1. The number of benzene rings is 12. The molecule has 2 aliphatic carbocycles. The number of rotatable bonds is 4. The van der Waals surface area contributed by atoms with E-state index in [9.17, 15) is 0 Å². The van der Waals surface area contributed by atoms with E-state index in [4.69, 9.17) is 0 Å². The average molecular weight is 953 g/mol. The summed E-state index contributed by atoms with van der Waals surface area (Å²) in [6, 6.07) is 101. The Morgan fingerprint density at radius 3 is 1.59 bits per heavy atom. The van der Waals surface area contributed by atoms with E-state index in [1.54, 1.807) is 0 Å². The van der Waals surface area contributed by atoms with Gasteiger partial charge in [-0.3, -0.25) is 0 Å². The lowest BCUT2D eigenvalue weighted by Gasteiger charge is -2.39. The van der Waals surface area contributed by atoms with Crippen LogP contribution < -0.4 is 4.90 Å². The molecule has 0 bridgehead atoms. The zero-order valence-electron chi connectivity index (χ0n) is 41.2. The summed E-state index contributed by atoms with van der Waals surface area (Å²) in [6.07, 6.45) is 1.65. The first-order chi connectivity index (χ1) is 37.2. The third-order valence-corrected chi connectivity index (χ3v) is 16.9. The van der Waals surface area contributed by atoms with Gasteiger partial charge in [0.15, 0.2) is 0 Å². The number of aromatic nitrogens is 1. The van der Waals surface area contributed by atoms with Gasteiger partial charge in [-0.2, -0.15) is 0 Å². The molecule has 0 amide bonds. The third-order valence-electron chi connectivity index (χ3n) is 16.9. The van der Waals surface area contributed by atoms with Gasteiger partial charge in [0.2, 0.25) is 0 Å². The molecule has 16 rings (SSSR count). The Bertz CT molecular complexity index is 4490. The first-order valence-electron chi connectivity index (χ1n) is 26.3. The monoisotopic (exact) mass is 952 g/mol. The lowest BCUT2D eigenvalue weighted by atomic mass is 9.65. The van der Waals surface area contributed by atoms with Crippen LogP contribution in [0.2, 0.25) is 0 Å². The SMILES string of the molecule is c1ccc2c(c1)Cc1ccccc1-c1ccc(N(c3ccc(-c4cccc5ccccc45)cc3)c3ccc4c(c3)-c3ccccc3C43c4ccccc4-n4c5ccccc5c5cccc3c54)cc1Cc1ccccc1-2. The molecule has 1 aliphatic heterocycles. The molecule has 1 spiro atoms. The van der Waals surface area contributed by atoms with Gasteiger partial charge >= 0.3 is 0 Å². The molecule has 3 aliphatic rings. The van der Waals surface area contributed by atoms with Crippen LogP contribution in [0.4, 0.5) is 17.1 Å². The van der Waals surface area contributed by atoms with E-state index in [0.29, 0.717) is 0 Å². The highest BCUT2D eigenvalue weighted by Crippen LogP contribution is 2.62. The largest absolute Gasteiger partial charge is 0.310 e. The number of nitrogens with zero attached hydrogens (tertiary/aromatic N) is 2. The van der Waals surface area contributed by atoms with Crippen LogP contribution in [0.5, 0.6) is 0 Å². The number of fused-ring (bicyclic) bond motifs is 19. The fourth-order valence-electron chi connectivity index (χ4n) is 13.8. The maximum atomic E-state index is 2.53. The Morgan fingerprint density at radius 1 is 0.307 bits per heavy atom. The van der Waals surface area contributed by atoms with E-state index in [0.717, 1.165) is 29.9 Å². The van der Waals surface area contributed by atoms with Crippen molar-refractivity contribution in [3.63, 3.8) is 0 Å². The summed E-state index contributed by atoms with van der Waals surface area (Å²) in [7, 11) is 0. The van der Waals surface area contributed by atoms with Crippen LogP contribution in [-0.2, 0) is 18.3 Å². The van der Waals surface area contributed by atoms with E-state index in [-0.39, 0.29) is 0 Å². The number of para-hydroxylation sites is 3. The van der Waals surface area contributed by atoms with E-state index < -0.39 is 5.41 Å². The van der Waals surface area contributed by atoms with Crippen LogP contribution in [0.3, 0.4) is 0 Å². The molecular formula is C73H48N2. The van der Waals surface area contributed by atoms with Crippen molar-refractivity contribution in [2.24, 2.45) is 0 Å². The highest BCUT2D eigenvalue weighted by molar-refractivity contribution is 6.13. The van der Waals surface area contributed by atoms with E-state index >= 15 is 0 Å². The minimum Gasteiger partial charge on any atom is -0.310 e. The molecule has 0 saturated carbocycles. The van der Waals surface area contributed by atoms with Crippen LogP contribution in [0.15, 0.2) is 267 Å². The van der Waals surface area contributed by atoms with Gasteiger partial charge in [0, 0.05) is 27.8 Å². The van der Waals surface area contributed by atoms with Gasteiger partial charge < -0.3 is 9.47 Å². The smallest absolute Gasteiger partial charge is 0.0754 e. The second kappa shape index (κ2) is 16.3. The topological polar surface area (TPSA) is 8.17 Å². The van der Waals surface area contributed by atoms with Crippen LogP contribution in [0.25, 0.3) is 82.8 Å². The summed E-state index contributed by atoms with van der Waals surface area (Å²) in [5, 5.41) is 5.07. The summed E-state index contributed by atoms with van der Waals surface area (Å²) in [5.41, 5.74) is 27.3. The lowest BCUT2D eigenvalue weighted by Crippen LogP contribution is -2.33. The molecule has 0 N–H and O–H groups in total. The van der Waals surface area contributed by atoms with Gasteiger partial charge in [0.25, 0.3) is 0 Å². The molecule has 1 aromatic heterocycles. The van der Waals surface area contributed by atoms with E-state index in [1.807, 2.05) is 0 Å². The van der Waals surface area contributed by atoms with Gasteiger partial charge in [0.1, 0.15) is 0 Å². The molecule has 0 saturated heterocycles. The summed E-state index contributed by atoms with van der Waals surface area (Å²) in [4.78, 5) is 2.50. The summed E-state index contributed by atoms with van der Waals surface area (Å²) in [5.74, 6) is 0. The molecule has 2 heterocycles. The van der Waals surface area contributed by atoms with Crippen molar-refractivity contribution in [1.82, 2.24) is 4.57 Å². The molecule has 75 heavy (non-hydrogen) atoms. The summed E-state index contributed by atoms with van der Waals surface area (Å²) >= 11 is 0. The Hall–Kier alpha value is -9.50. The van der Waals surface area contributed by atoms with Gasteiger partial charge in [-0.15, -0.1) is 0 Å². The second-order valence-electron chi connectivity index (χ2n) is 20.7. The third kappa shape index (κ3) is 6.08. The van der Waals surface area contributed by atoms with Crippen molar-refractivity contribution in [3.8, 4) is 50.2 Å². The predicted molar refractivity (Wildman–Crippen MR) is 312 cm³/mol. The maximum Gasteiger partial charge on any atom is 0.0754 e. The van der Waals surface area contributed by atoms with E-state index in [2.05, 4.69) is 276 Å². The fourth-order valence-corrected chi connectivity index (χ4v) is 13.8. The second-order valence-corrected chi connectivity index (χ2v) is 20.7. The normalized spacial score (nSPS) is 14.6. The predicted octanol–water partition coefficient (Wildman–Crippen LogP) is 18.6. The molecule has 0 radical (unpaired) electrons. The highest BCUT2D eigenvalue weighted by atomic mass is 15.1. The molecule has 2 heteroatoms. The number of hydrogen-bond acceptors (Lipinski definition) is 1. The highest BCUT2D eigenvalue weighted by Gasteiger charge is 2.51. The zero-order chi connectivity index (χ0) is 49.2. The first-order valence-corrected chi connectivity index (χ1v) is 26.3. The minimum absolute atomic E-state index is 0.533. The van der Waals surface area contributed by atoms with Crippen molar-refractivity contribution in [1.29, 1.82) is 0 Å².